The number of likely N-dealkylation sites (N-methyl/N-ethyl adjacent to an activating group) is 1. The van der Waals surface area contributed by atoms with Gasteiger partial charge in [-0.25, -0.2) is 4.99 Å². The highest BCUT2D eigenvalue weighted by atomic mass is 16.6. The fraction of sp³-hybridized carbons (Fsp3) is 0.538. The monoisotopic (exact) mass is 267 g/mol. The molecule has 0 aliphatic carbocycles. The van der Waals surface area contributed by atoms with Crippen LogP contribution in [0, 0.1) is 5.41 Å². The highest BCUT2D eigenvalue weighted by Gasteiger charge is 1.96. The third kappa shape index (κ3) is 9.99. The van der Waals surface area contributed by atoms with Gasteiger partial charge < -0.3 is 15.5 Å². The van der Waals surface area contributed by atoms with E-state index in [-0.39, 0.29) is 0 Å². The van der Waals surface area contributed by atoms with Gasteiger partial charge in [0.1, 0.15) is 12.1 Å². The fourth-order valence-electron chi connectivity index (χ4n) is 1.32. The Morgan fingerprint density at radius 1 is 1.47 bits per heavy atom. The molecule has 0 unspecified atom stereocenters. The number of hydrogen-bond acceptors (Lipinski definition) is 5. The van der Waals surface area contributed by atoms with Gasteiger partial charge in [0.25, 0.3) is 0 Å². The first kappa shape index (κ1) is 17.3. The maximum Gasteiger partial charge on any atom is 0.123 e. The minimum absolute atomic E-state index is 0.330. The van der Waals surface area contributed by atoms with Crippen LogP contribution < -0.4 is 16.1 Å². The molecule has 0 radical (unpaired) electrons. The van der Waals surface area contributed by atoms with Crippen molar-refractivity contribution in [3.63, 3.8) is 0 Å². The predicted octanol–water partition coefficient (Wildman–Crippen LogP) is 1.19. The summed E-state index contributed by atoms with van der Waals surface area (Å²) < 4.78 is 0. The van der Waals surface area contributed by atoms with Gasteiger partial charge in [0.2, 0.25) is 0 Å². The van der Waals surface area contributed by atoms with Crippen LogP contribution in [0.4, 0.5) is 0 Å². The number of nitrogens with one attached hydrogen (secondary N) is 4. The van der Waals surface area contributed by atoms with Gasteiger partial charge in [-0.05, 0) is 32.7 Å². The van der Waals surface area contributed by atoms with Crippen molar-refractivity contribution in [2.24, 2.45) is 4.99 Å². The zero-order chi connectivity index (χ0) is 14.5. The van der Waals surface area contributed by atoms with E-state index in [9.17, 15) is 0 Å². The van der Waals surface area contributed by atoms with E-state index in [0.717, 1.165) is 19.4 Å². The molecule has 0 aliphatic rings. The average Bonchev–Trinajstić information content (AvgIpc) is 2.36. The van der Waals surface area contributed by atoms with Crippen LogP contribution in [0.2, 0.25) is 0 Å². The normalized spacial score (nSPS) is 14.5. The van der Waals surface area contributed by atoms with E-state index in [0.29, 0.717) is 17.5 Å². The summed E-state index contributed by atoms with van der Waals surface area (Å²) in [4.78, 5) is 9.03. The maximum atomic E-state index is 7.03. The first-order valence-corrected chi connectivity index (χ1v) is 6.36. The van der Waals surface area contributed by atoms with Crippen molar-refractivity contribution in [2.45, 2.75) is 26.8 Å². The first-order chi connectivity index (χ1) is 9.13. The second-order valence-corrected chi connectivity index (χ2v) is 3.95. The molecule has 108 valence electrons. The van der Waals surface area contributed by atoms with Gasteiger partial charge >= 0.3 is 0 Å². The van der Waals surface area contributed by atoms with Crippen LogP contribution in [0.3, 0.4) is 0 Å². The molecule has 0 fully saturated rings. The Morgan fingerprint density at radius 3 is 2.79 bits per heavy atom. The van der Waals surface area contributed by atoms with Crippen LogP contribution in [0.5, 0.6) is 0 Å². The molecular weight excluding hydrogens is 242 g/mol. The highest BCUT2D eigenvalue weighted by Crippen LogP contribution is 1.95. The van der Waals surface area contributed by atoms with Crippen LogP contribution in [0.25, 0.3) is 0 Å². The van der Waals surface area contributed by atoms with E-state index in [1.165, 1.54) is 0 Å². The molecule has 0 aromatic rings. The van der Waals surface area contributed by atoms with Crippen LogP contribution in [0.15, 0.2) is 29.1 Å². The number of allylic oxidation sites excluding steroid dienone is 3. The lowest BCUT2D eigenvalue weighted by Gasteiger charge is -2.11. The quantitative estimate of drug-likeness (QED) is 0.207. The number of nitrogens with zero attached hydrogens (tertiary/aromatic N) is 1. The summed E-state index contributed by atoms with van der Waals surface area (Å²) >= 11 is 0. The molecule has 4 N–H and O–H groups in total. The molecule has 0 saturated heterocycles. The lowest BCUT2D eigenvalue weighted by molar-refractivity contribution is 0.128. The summed E-state index contributed by atoms with van der Waals surface area (Å²) in [5, 5.41) is 13.5. The topological polar surface area (TPSA) is 81.5 Å². The largest absolute Gasteiger partial charge is 0.414 e. The fourth-order valence-corrected chi connectivity index (χ4v) is 1.32. The number of hydroxylamine groups is 1. The molecule has 0 aromatic heterocycles. The zero-order valence-electron chi connectivity index (χ0n) is 12.2. The minimum Gasteiger partial charge on any atom is -0.414 e. The summed E-state index contributed by atoms with van der Waals surface area (Å²) in [5.74, 6) is 0.674. The van der Waals surface area contributed by atoms with Crippen molar-refractivity contribution < 1.29 is 4.84 Å². The minimum atomic E-state index is 0.330. The predicted molar refractivity (Wildman–Crippen MR) is 80.4 cm³/mol. The summed E-state index contributed by atoms with van der Waals surface area (Å²) in [6, 6.07) is 0.330. The summed E-state index contributed by atoms with van der Waals surface area (Å²) in [6.45, 7) is 7.83. The van der Waals surface area contributed by atoms with Crippen LogP contribution in [0.1, 0.15) is 20.8 Å². The third-order valence-corrected chi connectivity index (χ3v) is 2.16. The molecule has 0 amide bonds. The smallest absolute Gasteiger partial charge is 0.123 e. The Kier molecular flexibility index (Phi) is 10.4. The first-order valence-electron chi connectivity index (χ1n) is 6.36. The van der Waals surface area contributed by atoms with Gasteiger partial charge in [-0.3, -0.25) is 5.41 Å². The molecule has 0 rings (SSSR count). The number of rotatable bonds is 10. The van der Waals surface area contributed by atoms with Gasteiger partial charge in [0, 0.05) is 25.7 Å². The van der Waals surface area contributed by atoms with E-state index < -0.39 is 0 Å². The molecule has 0 aliphatic heterocycles. The summed E-state index contributed by atoms with van der Waals surface area (Å²) in [7, 11) is 1.69. The average molecular weight is 267 g/mol. The Hall–Kier alpha value is -1.66. The van der Waals surface area contributed by atoms with Gasteiger partial charge in [0.05, 0.1) is 5.71 Å². The Morgan fingerprint density at radius 2 is 2.21 bits per heavy atom. The maximum absolute atomic E-state index is 7.03. The molecule has 0 aromatic carbocycles. The lowest BCUT2D eigenvalue weighted by Crippen LogP contribution is -2.33. The highest BCUT2D eigenvalue weighted by molar-refractivity contribution is 6.07. The van der Waals surface area contributed by atoms with Gasteiger partial charge in [0.15, 0.2) is 0 Å². The molecule has 0 heterocycles. The molecular formula is C13H25N5O. The van der Waals surface area contributed by atoms with E-state index in [1.807, 2.05) is 13.1 Å². The number of aliphatic imine (C=N–C) groups is 1. The third-order valence-electron chi connectivity index (χ3n) is 2.16. The van der Waals surface area contributed by atoms with Gasteiger partial charge in [-0.1, -0.05) is 6.92 Å². The van der Waals surface area contributed by atoms with Gasteiger partial charge in [-0.2, -0.15) is 5.48 Å². The molecule has 6 nitrogen and oxygen atoms in total. The van der Waals surface area contributed by atoms with Crippen LogP contribution in [-0.4, -0.2) is 38.2 Å². The van der Waals surface area contributed by atoms with Crippen LogP contribution >= 0.6 is 0 Å². The van der Waals surface area contributed by atoms with E-state index in [4.69, 9.17) is 10.2 Å². The Balaban J connectivity index is 4.39. The second kappa shape index (κ2) is 11.4. The van der Waals surface area contributed by atoms with Crippen molar-refractivity contribution in [1.82, 2.24) is 16.1 Å². The van der Waals surface area contributed by atoms with E-state index in [2.05, 4.69) is 35.0 Å². The lowest BCUT2D eigenvalue weighted by atomic mass is 10.3. The summed E-state index contributed by atoms with van der Waals surface area (Å²) in [6.07, 6.45) is 6.38. The van der Waals surface area contributed by atoms with Crippen molar-refractivity contribution in [1.29, 1.82) is 5.41 Å². The Labute approximate surface area is 115 Å². The van der Waals surface area contributed by atoms with Crippen molar-refractivity contribution in [2.75, 3.05) is 20.1 Å². The summed E-state index contributed by atoms with van der Waals surface area (Å²) in [5.41, 5.74) is 3.23. The van der Waals surface area contributed by atoms with E-state index >= 15 is 0 Å². The number of hydrogen-bond donors (Lipinski definition) is 4. The van der Waals surface area contributed by atoms with Crippen LogP contribution in [-0.2, 0) is 4.84 Å². The molecule has 0 bridgehead atoms. The Bertz CT molecular complexity index is 336. The van der Waals surface area contributed by atoms with Crippen molar-refractivity contribution >= 4 is 12.1 Å². The molecule has 6 heteroatoms. The van der Waals surface area contributed by atoms with Gasteiger partial charge in [-0.15, -0.1) is 0 Å². The molecule has 19 heavy (non-hydrogen) atoms. The molecule has 1 atom stereocenters. The molecule has 0 saturated carbocycles. The van der Waals surface area contributed by atoms with E-state index in [1.54, 1.807) is 19.2 Å². The zero-order valence-corrected chi connectivity index (χ0v) is 12.2. The standard InChI is InChI=1S/C13H25N5O/c1-5-16-9-11(2)17-7-6-13(18-10-14)8-12(3)19-15-4/h6-8,10-11,14-17H,5,9H2,1-4H3/b7-6+,12-8+,14-10?,18-13+/t11-/m1/s1. The SMILES string of the molecule is CCNC[C@@H](C)N/C=C/C(/C=C(\C)ONC)=N\C=N. The molecule has 0 spiro atoms. The second-order valence-electron chi connectivity index (χ2n) is 3.95. The van der Waals surface area contributed by atoms with Crippen molar-refractivity contribution in [3.05, 3.63) is 24.1 Å². The van der Waals surface area contributed by atoms with Crippen molar-refractivity contribution in [3.8, 4) is 0 Å².